The summed E-state index contributed by atoms with van der Waals surface area (Å²) in [6.07, 6.45) is 1.41. The van der Waals surface area contributed by atoms with Gasteiger partial charge in [0, 0.05) is 11.4 Å². The molecule has 3 rings (SSSR count). The molecule has 0 atom stereocenters. The number of methoxy groups -OCH3 is 1. The van der Waals surface area contributed by atoms with Gasteiger partial charge in [-0.15, -0.1) is 0 Å². The van der Waals surface area contributed by atoms with Gasteiger partial charge in [0.05, 0.1) is 23.8 Å². The number of carbonyl (C=O) groups is 3. The van der Waals surface area contributed by atoms with Crippen molar-refractivity contribution < 1.29 is 28.6 Å². The molecule has 0 saturated carbocycles. The van der Waals surface area contributed by atoms with Crippen LogP contribution >= 0.6 is 15.9 Å². The molecule has 3 aromatic rings. The summed E-state index contributed by atoms with van der Waals surface area (Å²) >= 11 is 3.45. The van der Waals surface area contributed by atoms with Crippen LogP contribution in [0.4, 0.5) is 11.4 Å². The number of hydrogen-bond donors (Lipinski definition) is 2. The molecule has 0 bridgehead atoms. The van der Waals surface area contributed by atoms with Crippen LogP contribution in [0.1, 0.15) is 34.0 Å². The van der Waals surface area contributed by atoms with Crippen molar-refractivity contribution in [3.05, 3.63) is 86.9 Å². The van der Waals surface area contributed by atoms with Gasteiger partial charge in [-0.25, -0.2) is 4.79 Å². The number of anilines is 2. The van der Waals surface area contributed by atoms with Crippen molar-refractivity contribution in [1.29, 1.82) is 5.26 Å². The zero-order chi connectivity index (χ0) is 29.2. The van der Waals surface area contributed by atoms with Crippen LogP contribution in [0.15, 0.2) is 64.6 Å². The fourth-order valence-electron chi connectivity index (χ4n) is 3.61. The lowest BCUT2D eigenvalue weighted by atomic mass is 10.1. The zero-order valence-electron chi connectivity index (χ0n) is 22.5. The van der Waals surface area contributed by atoms with Crippen LogP contribution in [-0.4, -0.2) is 38.1 Å². The summed E-state index contributed by atoms with van der Waals surface area (Å²) in [7, 11) is 1.28. The lowest BCUT2D eigenvalue weighted by Crippen LogP contribution is -2.21. The molecule has 0 spiro atoms. The largest absolute Gasteiger partial charge is 0.490 e. The van der Waals surface area contributed by atoms with Gasteiger partial charge in [0.1, 0.15) is 11.6 Å². The molecule has 0 aliphatic heterocycles. The van der Waals surface area contributed by atoms with Crippen molar-refractivity contribution in [2.75, 3.05) is 31.0 Å². The molecule has 10 heteroatoms. The molecule has 0 unspecified atom stereocenters. The standard InChI is InChI=1S/C30H28BrN3O6/c1-5-39-26-15-20(13-22(16-32)29(36)33-23-11-9-21(10-12-23)30(37)38-4)14-24(31)28(26)40-17-27(35)34-25-8-6-7-18(2)19(25)3/h6-15H,5,17H2,1-4H3,(H,33,36)(H,34,35)/b22-13-. The van der Waals surface area contributed by atoms with Gasteiger partial charge in [0.25, 0.3) is 11.8 Å². The third-order valence-electron chi connectivity index (χ3n) is 5.80. The maximum absolute atomic E-state index is 12.8. The lowest BCUT2D eigenvalue weighted by Gasteiger charge is -2.15. The Labute approximate surface area is 240 Å². The zero-order valence-corrected chi connectivity index (χ0v) is 24.0. The van der Waals surface area contributed by atoms with Gasteiger partial charge in [-0.1, -0.05) is 12.1 Å². The van der Waals surface area contributed by atoms with E-state index in [1.165, 1.54) is 37.5 Å². The first kappa shape index (κ1) is 29.9. The molecular weight excluding hydrogens is 578 g/mol. The summed E-state index contributed by atoms with van der Waals surface area (Å²) in [6.45, 7) is 5.75. The van der Waals surface area contributed by atoms with E-state index in [1.54, 1.807) is 19.1 Å². The van der Waals surface area contributed by atoms with E-state index in [2.05, 4.69) is 31.3 Å². The quantitative estimate of drug-likeness (QED) is 0.169. The highest BCUT2D eigenvalue weighted by Crippen LogP contribution is 2.37. The lowest BCUT2D eigenvalue weighted by molar-refractivity contribution is -0.118. The Balaban J connectivity index is 1.76. The normalized spacial score (nSPS) is 10.8. The molecule has 0 radical (unpaired) electrons. The monoisotopic (exact) mass is 605 g/mol. The molecule has 9 nitrogen and oxygen atoms in total. The second-order valence-electron chi connectivity index (χ2n) is 8.54. The molecule has 40 heavy (non-hydrogen) atoms. The molecule has 0 saturated heterocycles. The Morgan fingerprint density at radius 3 is 2.40 bits per heavy atom. The minimum atomic E-state index is -0.633. The Hall–Kier alpha value is -4.62. The van der Waals surface area contributed by atoms with E-state index >= 15 is 0 Å². The van der Waals surface area contributed by atoms with Crippen molar-refractivity contribution in [2.45, 2.75) is 20.8 Å². The summed E-state index contributed by atoms with van der Waals surface area (Å²) in [5.41, 5.74) is 3.81. The number of amides is 2. The van der Waals surface area contributed by atoms with Crippen LogP contribution in [0, 0.1) is 25.2 Å². The summed E-state index contributed by atoms with van der Waals surface area (Å²) in [5.74, 6) is -0.830. The van der Waals surface area contributed by atoms with Gasteiger partial charge >= 0.3 is 5.97 Å². The van der Waals surface area contributed by atoms with Crippen LogP contribution in [-0.2, 0) is 14.3 Å². The van der Waals surface area contributed by atoms with Gasteiger partial charge in [-0.05, 0) is 102 Å². The van der Waals surface area contributed by atoms with Crippen LogP contribution in [0.3, 0.4) is 0 Å². The molecule has 0 aromatic heterocycles. The number of halogens is 1. The first-order valence-corrected chi connectivity index (χ1v) is 13.0. The van der Waals surface area contributed by atoms with Crippen LogP contribution in [0.2, 0.25) is 0 Å². The van der Waals surface area contributed by atoms with E-state index in [0.29, 0.717) is 45.1 Å². The second kappa shape index (κ2) is 14.0. The summed E-state index contributed by atoms with van der Waals surface area (Å²) in [4.78, 5) is 36.9. The van der Waals surface area contributed by atoms with E-state index in [9.17, 15) is 19.6 Å². The van der Waals surface area contributed by atoms with Crippen molar-refractivity contribution in [1.82, 2.24) is 0 Å². The van der Waals surface area contributed by atoms with E-state index in [-0.39, 0.29) is 18.1 Å². The summed E-state index contributed by atoms with van der Waals surface area (Å²) in [5, 5.41) is 15.1. The smallest absolute Gasteiger partial charge is 0.337 e. The van der Waals surface area contributed by atoms with E-state index in [0.717, 1.165) is 11.1 Å². The Kier molecular flexibility index (Phi) is 10.4. The van der Waals surface area contributed by atoms with E-state index < -0.39 is 11.9 Å². The highest BCUT2D eigenvalue weighted by Gasteiger charge is 2.16. The molecule has 0 aliphatic carbocycles. The maximum Gasteiger partial charge on any atom is 0.337 e. The van der Waals surface area contributed by atoms with Gasteiger partial charge in [0.2, 0.25) is 0 Å². The predicted octanol–water partition coefficient (Wildman–Crippen LogP) is 5.81. The molecule has 0 fully saturated rings. The predicted molar refractivity (Wildman–Crippen MR) is 155 cm³/mol. The molecular formula is C30H28BrN3O6. The van der Waals surface area contributed by atoms with Crippen LogP contribution in [0.5, 0.6) is 11.5 Å². The fraction of sp³-hybridized carbons (Fsp3) is 0.200. The average Bonchev–Trinajstić information content (AvgIpc) is 2.93. The van der Waals surface area contributed by atoms with Crippen LogP contribution in [0.25, 0.3) is 6.08 Å². The first-order chi connectivity index (χ1) is 19.2. The molecule has 0 heterocycles. The van der Waals surface area contributed by atoms with Crippen molar-refractivity contribution in [3.8, 4) is 17.6 Å². The molecule has 206 valence electrons. The minimum Gasteiger partial charge on any atom is -0.490 e. The first-order valence-electron chi connectivity index (χ1n) is 12.2. The van der Waals surface area contributed by atoms with Crippen molar-refractivity contribution in [3.63, 3.8) is 0 Å². The highest BCUT2D eigenvalue weighted by molar-refractivity contribution is 9.10. The number of nitrogens with one attached hydrogen (secondary N) is 2. The van der Waals surface area contributed by atoms with Crippen LogP contribution < -0.4 is 20.1 Å². The number of benzene rings is 3. The van der Waals surface area contributed by atoms with Gasteiger partial charge in [-0.3, -0.25) is 9.59 Å². The maximum atomic E-state index is 12.8. The Morgan fingerprint density at radius 1 is 1.02 bits per heavy atom. The SMILES string of the molecule is CCOc1cc(/C=C(/C#N)C(=O)Nc2ccc(C(=O)OC)cc2)cc(Br)c1OCC(=O)Nc1cccc(C)c1C. The summed E-state index contributed by atoms with van der Waals surface area (Å²) in [6, 6.07) is 16.9. The summed E-state index contributed by atoms with van der Waals surface area (Å²) < 4.78 is 16.6. The number of aryl methyl sites for hydroxylation is 1. The van der Waals surface area contributed by atoms with Gasteiger partial charge in [-0.2, -0.15) is 5.26 Å². The third-order valence-corrected chi connectivity index (χ3v) is 6.39. The highest BCUT2D eigenvalue weighted by atomic mass is 79.9. The number of carbonyl (C=O) groups excluding carboxylic acids is 3. The van der Waals surface area contributed by atoms with Crippen molar-refractivity contribution in [2.24, 2.45) is 0 Å². The van der Waals surface area contributed by atoms with E-state index in [4.69, 9.17) is 9.47 Å². The third kappa shape index (κ3) is 7.71. The average molecular weight is 606 g/mol. The Bertz CT molecular complexity index is 1490. The number of rotatable bonds is 10. The topological polar surface area (TPSA) is 127 Å². The number of nitrogens with zero attached hydrogens (tertiary/aromatic N) is 1. The van der Waals surface area contributed by atoms with Crippen molar-refractivity contribution >= 4 is 51.2 Å². The molecule has 3 aromatic carbocycles. The molecule has 2 amide bonds. The van der Waals surface area contributed by atoms with Gasteiger partial charge in [0.15, 0.2) is 18.1 Å². The van der Waals surface area contributed by atoms with Gasteiger partial charge < -0.3 is 24.8 Å². The number of hydrogen-bond acceptors (Lipinski definition) is 7. The van der Waals surface area contributed by atoms with E-state index in [1.807, 2.05) is 38.1 Å². The number of ether oxygens (including phenoxy) is 3. The second-order valence-corrected chi connectivity index (χ2v) is 9.39. The minimum absolute atomic E-state index is 0.159. The Morgan fingerprint density at radius 2 is 1.75 bits per heavy atom. The molecule has 2 N–H and O–H groups in total. The molecule has 0 aliphatic rings. The number of nitriles is 1. The number of esters is 1. The fourth-order valence-corrected chi connectivity index (χ4v) is 4.18.